The summed E-state index contributed by atoms with van der Waals surface area (Å²) in [6.07, 6.45) is 0. The van der Waals surface area contributed by atoms with Gasteiger partial charge in [-0.05, 0) is 45.5 Å². The van der Waals surface area contributed by atoms with Gasteiger partial charge in [0.25, 0.3) is 0 Å². The SMILES string of the molecule is CC(c1ccc(Cl)cc1)N(C)CC(C)(C)C(=O)O. The van der Waals surface area contributed by atoms with Gasteiger partial charge in [-0.15, -0.1) is 0 Å². The summed E-state index contributed by atoms with van der Waals surface area (Å²) >= 11 is 5.85. The molecule has 1 atom stereocenters. The number of aliphatic carboxylic acids is 1. The minimum atomic E-state index is -0.780. The molecule has 0 spiro atoms. The van der Waals surface area contributed by atoms with Gasteiger partial charge in [0.2, 0.25) is 0 Å². The average molecular weight is 270 g/mol. The maximum Gasteiger partial charge on any atom is 0.310 e. The predicted molar refractivity (Wildman–Crippen MR) is 73.9 cm³/mol. The van der Waals surface area contributed by atoms with Crippen molar-refractivity contribution in [3.8, 4) is 0 Å². The molecular weight excluding hydrogens is 250 g/mol. The standard InChI is InChI=1S/C14H20ClNO2/c1-10(11-5-7-12(15)8-6-11)16(4)9-14(2,3)13(17)18/h5-8,10H,9H2,1-4H3,(H,17,18). The molecule has 0 aliphatic carbocycles. The van der Waals surface area contributed by atoms with Crippen LogP contribution >= 0.6 is 11.6 Å². The van der Waals surface area contributed by atoms with Crippen LogP contribution in [0.4, 0.5) is 0 Å². The molecule has 3 nitrogen and oxygen atoms in total. The van der Waals surface area contributed by atoms with Crippen molar-refractivity contribution in [2.45, 2.75) is 26.8 Å². The molecule has 0 aromatic heterocycles. The van der Waals surface area contributed by atoms with Crippen LogP contribution in [0.1, 0.15) is 32.4 Å². The van der Waals surface area contributed by atoms with Crippen molar-refractivity contribution in [3.05, 3.63) is 34.9 Å². The van der Waals surface area contributed by atoms with Crippen LogP contribution in [0.2, 0.25) is 5.02 Å². The quantitative estimate of drug-likeness (QED) is 0.890. The molecule has 0 saturated carbocycles. The minimum Gasteiger partial charge on any atom is -0.481 e. The Balaban J connectivity index is 2.75. The first kappa shape index (κ1) is 15.0. The third kappa shape index (κ3) is 3.72. The fourth-order valence-corrected chi connectivity index (χ4v) is 1.95. The molecule has 1 rings (SSSR count). The van der Waals surface area contributed by atoms with Gasteiger partial charge >= 0.3 is 5.97 Å². The second-order valence-electron chi connectivity index (χ2n) is 5.33. The third-order valence-corrected chi connectivity index (χ3v) is 3.49. The molecule has 0 amide bonds. The molecule has 4 heteroatoms. The Labute approximate surface area is 113 Å². The Morgan fingerprint density at radius 3 is 2.33 bits per heavy atom. The molecule has 0 bridgehead atoms. The molecule has 1 aromatic rings. The first-order chi connectivity index (χ1) is 8.24. The second-order valence-corrected chi connectivity index (χ2v) is 5.77. The normalized spacial score (nSPS) is 13.7. The van der Waals surface area contributed by atoms with Gasteiger partial charge in [0.15, 0.2) is 0 Å². The second kappa shape index (κ2) is 5.72. The third-order valence-electron chi connectivity index (χ3n) is 3.24. The number of carboxylic acids is 1. The molecule has 1 aromatic carbocycles. The monoisotopic (exact) mass is 269 g/mol. The van der Waals surface area contributed by atoms with Gasteiger partial charge < -0.3 is 5.11 Å². The van der Waals surface area contributed by atoms with Crippen molar-refractivity contribution in [2.24, 2.45) is 5.41 Å². The zero-order chi connectivity index (χ0) is 13.9. The van der Waals surface area contributed by atoms with Crippen LogP contribution in [-0.4, -0.2) is 29.6 Å². The van der Waals surface area contributed by atoms with E-state index >= 15 is 0 Å². The molecule has 1 N–H and O–H groups in total. The lowest BCUT2D eigenvalue weighted by molar-refractivity contribution is -0.148. The average Bonchev–Trinajstić information content (AvgIpc) is 2.28. The van der Waals surface area contributed by atoms with Gasteiger partial charge in [0, 0.05) is 17.6 Å². The molecule has 100 valence electrons. The van der Waals surface area contributed by atoms with Crippen molar-refractivity contribution in [1.82, 2.24) is 4.90 Å². The van der Waals surface area contributed by atoms with Crippen LogP contribution in [0.15, 0.2) is 24.3 Å². The number of hydrogen-bond acceptors (Lipinski definition) is 2. The molecule has 0 heterocycles. The van der Waals surface area contributed by atoms with Crippen LogP contribution in [0, 0.1) is 5.41 Å². The highest BCUT2D eigenvalue weighted by molar-refractivity contribution is 6.30. The Bertz CT molecular complexity index is 414. The summed E-state index contributed by atoms with van der Waals surface area (Å²) in [5.41, 5.74) is 0.373. The Kier molecular flexibility index (Phi) is 4.77. The summed E-state index contributed by atoms with van der Waals surface area (Å²) in [6, 6.07) is 7.79. The van der Waals surface area contributed by atoms with Gasteiger partial charge in [-0.1, -0.05) is 23.7 Å². The van der Waals surface area contributed by atoms with E-state index in [9.17, 15) is 4.79 Å². The van der Waals surface area contributed by atoms with E-state index in [1.807, 2.05) is 36.2 Å². The van der Waals surface area contributed by atoms with E-state index in [4.69, 9.17) is 16.7 Å². The molecular formula is C14H20ClNO2. The fourth-order valence-electron chi connectivity index (χ4n) is 1.82. The van der Waals surface area contributed by atoms with Crippen LogP contribution < -0.4 is 0 Å². The van der Waals surface area contributed by atoms with E-state index in [1.165, 1.54) is 0 Å². The Morgan fingerprint density at radius 1 is 1.39 bits per heavy atom. The summed E-state index contributed by atoms with van der Waals surface area (Å²) in [5.74, 6) is -0.780. The van der Waals surface area contributed by atoms with Crippen molar-refractivity contribution in [3.63, 3.8) is 0 Å². The maximum absolute atomic E-state index is 11.1. The summed E-state index contributed by atoms with van der Waals surface area (Å²) < 4.78 is 0. The lowest BCUT2D eigenvalue weighted by atomic mass is 9.92. The molecule has 0 radical (unpaired) electrons. The molecule has 18 heavy (non-hydrogen) atoms. The minimum absolute atomic E-state index is 0.154. The van der Waals surface area contributed by atoms with Gasteiger partial charge in [-0.2, -0.15) is 0 Å². The van der Waals surface area contributed by atoms with Gasteiger partial charge in [-0.25, -0.2) is 0 Å². The number of carboxylic acid groups (broad SMARTS) is 1. The predicted octanol–water partition coefficient (Wildman–Crippen LogP) is 3.44. The molecule has 0 aliphatic heterocycles. The summed E-state index contributed by atoms with van der Waals surface area (Å²) in [6.45, 7) is 6.02. The van der Waals surface area contributed by atoms with Gasteiger partial charge in [0.1, 0.15) is 0 Å². The fraction of sp³-hybridized carbons (Fsp3) is 0.500. The smallest absolute Gasteiger partial charge is 0.310 e. The summed E-state index contributed by atoms with van der Waals surface area (Å²) in [5, 5.41) is 9.84. The highest BCUT2D eigenvalue weighted by atomic mass is 35.5. The van der Waals surface area contributed by atoms with Crippen molar-refractivity contribution < 1.29 is 9.90 Å². The van der Waals surface area contributed by atoms with E-state index < -0.39 is 11.4 Å². The summed E-state index contributed by atoms with van der Waals surface area (Å²) in [4.78, 5) is 13.2. The molecule has 0 fully saturated rings. The number of carbonyl (C=O) groups is 1. The van der Waals surface area contributed by atoms with Crippen LogP contribution in [0.5, 0.6) is 0 Å². The van der Waals surface area contributed by atoms with Crippen molar-refractivity contribution in [1.29, 1.82) is 0 Å². The number of hydrogen-bond donors (Lipinski definition) is 1. The highest BCUT2D eigenvalue weighted by Crippen LogP contribution is 2.25. The number of halogens is 1. The Hall–Kier alpha value is -1.06. The van der Waals surface area contributed by atoms with E-state index in [1.54, 1.807) is 13.8 Å². The maximum atomic E-state index is 11.1. The highest BCUT2D eigenvalue weighted by Gasteiger charge is 2.30. The lowest BCUT2D eigenvalue weighted by Crippen LogP contribution is -2.38. The van der Waals surface area contributed by atoms with E-state index in [2.05, 4.69) is 6.92 Å². The van der Waals surface area contributed by atoms with Crippen LogP contribution in [-0.2, 0) is 4.79 Å². The van der Waals surface area contributed by atoms with Crippen LogP contribution in [0.3, 0.4) is 0 Å². The van der Waals surface area contributed by atoms with E-state index in [0.717, 1.165) is 5.56 Å². The Morgan fingerprint density at radius 2 is 1.89 bits per heavy atom. The van der Waals surface area contributed by atoms with E-state index in [-0.39, 0.29) is 6.04 Å². The number of nitrogens with zero attached hydrogens (tertiary/aromatic N) is 1. The summed E-state index contributed by atoms with van der Waals surface area (Å²) in [7, 11) is 1.93. The number of benzene rings is 1. The van der Waals surface area contributed by atoms with Crippen molar-refractivity contribution >= 4 is 17.6 Å². The van der Waals surface area contributed by atoms with Crippen LogP contribution in [0.25, 0.3) is 0 Å². The molecule has 0 saturated heterocycles. The topological polar surface area (TPSA) is 40.5 Å². The van der Waals surface area contributed by atoms with Crippen molar-refractivity contribution in [2.75, 3.05) is 13.6 Å². The van der Waals surface area contributed by atoms with Gasteiger partial charge in [-0.3, -0.25) is 9.69 Å². The zero-order valence-corrected chi connectivity index (χ0v) is 12.0. The first-order valence-electron chi connectivity index (χ1n) is 5.93. The largest absolute Gasteiger partial charge is 0.481 e. The zero-order valence-electron chi connectivity index (χ0n) is 11.3. The number of rotatable bonds is 5. The first-order valence-corrected chi connectivity index (χ1v) is 6.31. The molecule has 0 aliphatic rings. The van der Waals surface area contributed by atoms with Gasteiger partial charge in [0.05, 0.1) is 5.41 Å². The molecule has 1 unspecified atom stereocenters. The van der Waals surface area contributed by atoms with E-state index in [0.29, 0.717) is 11.6 Å². The lowest BCUT2D eigenvalue weighted by Gasteiger charge is -2.31.